The predicted octanol–water partition coefficient (Wildman–Crippen LogP) is 6.20. The van der Waals surface area contributed by atoms with E-state index in [1.165, 1.54) is 43.7 Å². The summed E-state index contributed by atoms with van der Waals surface area (Å²) in [7, 11) is 0. The fourth-order valence-corrected chi connectivity index (χ4v) is 2.85. The smallest absolute Gasteiger partial charge is 0.220 e. The summed E-state index contributed by atoms with van der Waals surface area (Å²) in [6, 6.07) is 8.71. The van der Waals surface area contributed by atoms with Crippen molar-refractivity contribution in [3.63, 3.8) is 0 Å². The van der Waals surface area contributed by atoms with E-state index in [0.717, 1.165) is 12.3 Å². The van der Waals surface area contributed by atoms with Crippen molar-refractivity contribution in [2.45, 2.75) is 99.0 Å². The molecule has 0 aliphatic carbocycles. The molecule has 0 saturated carbocycles. The fraction of sp³-hybridized carbons (Fsp3) is 0.667. The lowest BCUT2D eigenvalue weighted by molar-refractivity contribution is -0.126. The Morgan fingerprint density at radius 3 is 1.85 bits per heavy atom. The van der Waals surface area contributed by atoms with E-state index in [-0.39, 0.29) is 17.7 Å². The predicted molar refractivity (Wildman–Crippen MR) is 116 cm³/mol. The number of ketones is 1. The van der Waals surface area contributed by atoms with Gasteiger partial charge in [-0.3, -0.25) is 9.59 Å². The van der Waals surface area contributed by atoms with Gasteiger partial charge in [0.05, 0.1) is 6.04 Å². The molecule has 0 aromatic heterocycles. The zero-order chi connectivity index (χ0) is 20.8. The van der Waals surface area contributed by atoms with Crippen molar-refractivity contribution < 1.29 is 9.59 Å². The average Bonchev–Trinajstić information content (AvgIpc) is 2.61. The van der Waals surface area contributed by atoms with E-state index in [0.29, 0.717) is 12.3 Å². The minimum absolute atomic E-state index is 0.00195. The van der Waals surface area contributed by atoms with Crippen LogP contribution in [0.2, 0.25) is 0 Å². The van der Waals surface area contributed by atoms with Gasteiger partial charge in [-0.1, -0.05) is 70.4 Å². The number of nitrogens with one attached hydrogen (secondary N) is 1. The van der Waals surface area contributed by atoms with Gasteiger partial charge in [0.2, 0.25) is 5.91 Å². The molecular weight excluding hydrogens is 334 g/mol. The number of aryl methyl sites for hydroxylation is 1. The highest BCUT2D eigenvalue weighted by Gasteiger charge is 2.11. The van der Waals surface area contributed by atoms with Crippen LogP contribution in [0.3, 0.4) is 0 Å². The second kappa shape index (κ2) is 14.4. The number of benzene rings is 1. The van der Waals surface area contributed by atoms with Crippen molar-refractivity contribution >= 4 is 11.7 Å². The molecule has 0 fully saturated rings. The van der Waals surface area contributed by atoms with Gasteiger partial charge in [0, 0.05) is 6.42 Å². The van der Waals surface area contributed by atoms with Gasteiger partial charge in [0.25, 0.3) is 0 Å². The van der Waals surface area contributed by atoms with Gasteiger partial charge >= 0.3 is 0 Å². The van der Waals surface area contributed by atoms with E-state index in [1.807, 2.05) is 0 Å². The van der Waals surface area contributed by atoms with Crippen LogP contribution in [0, 0.1) is 12.8 Å². The highest BCUT2D eigenvalue weighted by atomic mass is 16.2. The van der Waals surface area contributed by atoms with Crippen LogP contribution in [0.1, 0.15) is 97.1 Å². The molecule has 0 aliphatic heterocycles. The summed E-state index contributed by atoms with van der Waals surface area (Å²) in [6.07, 6.45) is 6.62. The summed E-state index contributed by atoms with van der Waals surface area (Å²) in [5, 5.41) is 2.65. The third kappa shape index (κ3) is 12.4. The van der Waals surface area contributed by atoms with E-state index >= 15 is 0 Å². The van der Waals surface area contributed by atoms with E-state index in [1.54, 1.807) is 6.92 Å². The first kappa shape index (κ1) is 25.4. The zero-order valence-corrected chi connectivity index (χ0v) is 18.6. The van der Waals surface area contributed by atoms with Gasteiger partial charge in [0.1, 0.15) is 0 Å². The molecule has 1 aromatic carbocycles. The summed E-state index contributed by atoms with van der Waals surface area (Å²) in [5.41, 5.74) is 2.89. The molecule has 1 aromatic rings. The Balaban J connectivity index is 0.000000503. The van der Waals surface area contributed by atoms with Crippen molar-refractivity contribution in [3.8, 4) is 0 Å². The van der Waals surface area contributed by atoms with Crippen molar-refractivity contribution in [3.05, 3.63) is 35.4 Å². The van der Waals surface area contributed by atoms with Crippen molar-refractivity contribution in [1.29, 1.82) is 0 Å². The number of carbonyl (C=O) groups is 2. The maximum atomic E-state index is 11.2. The van der Waals surface area contributed by atoms with E-state index in [9.17, 15) is 9.59 Å². The van der Waals surface area contributed by atoms with Crippen LogP contribution in [-0.2, 0) is 9.59 Å². The Kier molecular flexibility index (Phi) is 13.5. The summed E-state index contributed by atoms with van der Waals surface area (Å²) >= 11 is 0. The van der Waals surface area contributed by atoms with Gasteiger partial charge in [-0.05, 0) is 57.4 Å². The van der Waals surface area contributed by atoms with Gasteiger partial charge in [-0.25, -0.2) is 0 Å². The molecule has 3 nitrogen and oxygen atoms in total. The summed E-state index contributed by atoms with van der Waals surface area (Å²) in [4.78, 5) is 22.0. The van der Waals surface area contributed by atoms with E-state index in [2.05, 4.69) is 64.2 Å². The highest BCUT2D eigenvalue weighted by Crippen LogP contribution is 2.26. The Morgan fingerprint density at radius 2 is 1.44 bits per heavy atom. The lowest BCUT2D eigenvalue weighted by atomic mass is 9.90. The first-order valence-electron chi connectivity index (χ1n) is 10.6. The number of carbonyl (C=O) groups excluding carboxylic acids is 2. The molecule has 0 aliphatic rings. The van der Waals surface area contributed by atoms with E-state index < -0.39 is 0 Å². The minimum Gasteiger partial charge on any atom is -0.347 e. The standard InChI is InChI=1S/C14H22.C10H19NO2/c1-4-6-13(7-5-2)14-10-8-12(3)9-11-14;1-7(2)5-6-10(13)11-8(3)9(4)12/h8-11,13H,4-7H2,1-3H3;7-8H,5-6H2,1-4H3,(H,11,13)/t;8-/m.1/s1. The number of hydrogen-bond acceptors (Lipinski definition) is 2. The van der Waals surface area contributed by atoms with Gasteiger partial charge in [-0.2, -0.15) is 0 Å². The van der Waals surface area contributed by atoms with Gasteiger partial charge in [0.15, 0.2) is 5.78 Å². The van der Waals surface area contributed by atoms with E-state index in [4.69, 9.17) is 0 Å². The number of Topliss-reactive ketones (excluding diaryl/α,β-unsaturated/α-hetero) is 1. The second-order valence-electron chi connectivity index (χ2n) is 8.02. The van der Waals surface area contributed by atoms with Crippen LogP contribution in [0.25, 0.3) is 0 Å². The Labute approximate surface area is 167 Å². The molecule has 3 heteroatoms. The number of rotatable bonds is 10. The minimum atomic E-state index is -0.348. The first-order chi connectivity index (χ1) is 12.7. The van der Waals surface area contributed by atoms with Gasteiger partial charge in [-0.15, -0.1) is 0 Å². The maximum absolute atomic E-state index is 11.2. The molecular formula is C24H41NO2. The Morgan fingerprint density at radius 1 is 0.926 bits per heavy atom. The molecule has 0 bridgehead atoms. The monoisotopic (exact) mass is 375 g/mol. The topological polar surface area (TPSA) is 46.2 Å². The summed E-state index contributed by atoms with van der Waals surface area (Å²) in [5.74, 6) is 1.28. The molecule has 1 N–H and O–H groups in total. The fourth-order valence-electron chi connectivity index (χ4n) is 2.85. The zero-order valence-electron chi connectivity index (χ0n) is 18.6. The van der Waals surface area contributed by atoms with Crippen LogP contribution in [0.5, 0.6) is 0 Å². The van der Waals surface area contributed by atoms with Crippen LogP contribution in [0.15, 0.2) is 24.3 Å². The molecule has 154 valence electrons. The summed E-state index contributed by atoms with van der Waals surface area (Å²) in [6.45, 7) is 14.0. The molecule has 1 rings (SSSR count). The number of amides is 1. The normalized spacial score (nSPS) is 11.7. The lowest BCUT2D eigenvalue weighted by Gasteiger charge is -2.15. The quantitative estimate of drug-likeness (QED) is 0.529. The molecule has 0 heterocycles. The largest absolute Gasteiger partial charge is 0.347 e. The molecule has 1 atom stereocenters. The van der Waals surface area contributed by atoms with Crippen LogP contribution in [0.4, 0.5) is 0 Å². The second-order valence-corrected chi connectivity index (χ2v) is 8.02. The molecule has 27 heavy (non-hydrogen) atoms. The van der Waals surface area contributed by atoms with Gasteiger partial charge < -0.3 is 5.32 Å². The lowest BCUT2D eigenvalue weighted by Crippen LogP contribution is -2.37. The van der Waals surface area contributed by atoms with Crippen LogP contribution >= 0.6 is 0 Å². The Hall–Kier alpha value is -1.64. The average molecular weight is 376 g/mol. The summed E-state index contributed by atoms with van der Waals surface area (Å²) < 4.78 is 0. The maximum Gasteiger partial charge on any atom is 0.220 e. The number of hydrogen-bond donors (Lipinski definition) is 1. The molecule has 0 unspecified atom stereocenters. The third-order valence-corrected chi connectivity index (χ3v) is 4.76. The van der Waals surface area contributed by atoms with Crippen molar-refractivity contribution in [2.75, 3.05) is 0 Å². The molecule has 1 amide bonds. The van der Waals surface area contributed by atoms with Crippen molar-refractivity contribution in [2.24, 2.45) is 5.92 Å². The first-order valence-corrected chi connectivity index (χ1v) is 10.6. The molecule has 0 saturated heterocycles. The molecule has 0 radical (unpaired) electrons. The van der Waals surface area contributed by atoms with Crippen molar-refractivity contribution in [1.82, 2.24) is 5.32 Å². The third-order valence-electron chi connectivity index (χ3n) is 4.76. The van der Waals surface area contributed by atoms with Crippen LogP contribution < -0.4 is 5.32 Å². The molecule has 0 spiro atoms. The Bertz CT molecular complexity index is 528. The highest BCUT2D eigenvalue weighted by molar-refractivity contribution is 5.86. The SMILES string of the molecule is CC(=O)[C@@H](C)NC(=O)CCC(C)C.CCCC(CCC)c1ccc(C)cc1. The van der Waals surface area contributed by atoms with Crippen LogP contribution in [-0.4, -0.2) is 17.7 Å².